The zero-order valence-electron chi connectivity index (χ0n) is 6.91. The topological polar surface area (TPSA) is 33.4 Å². The lowest BCUT2D eigenvalue weighted by molar-refractivity contribution is 0.223. The number of hydrogen-bond donors (Lipinski definition) is 1. The van der Waals surface area contributed by atoms with Crippen LogP contribution in [0.25, 0.3) is 0 Å². The van der Waals surface area contributed by atoms with Gasteiger partial charge in [-0.15, -0.1) is 11.3 Å². The van der Waals surface area contributed by atoms with Gasteiger partial charge in [0.1, 0.15) is 6.10 Å². The van der Waals surface area contributed by atoms with Crippen LogP contribution in [0.2, 0.25) is 5.02 Å². The van der Waals surface area contributed by atoms with Crippen LogP contribution in [-0.4, -0.2) is 5.11 Å². The van der Waals surface area contributed by atoms with E-state index in [0.29, 0.717) is 5.02 Å². The molecule has 14 heavy (non-hydrogen) atoms. The molecule has 1 N–H and O–H groups in total. The number of aliphatic hydroxyl groups is 1. The van der Waals surface area contributed by atoms with Crippen LogP contribution in [0.3, 0.4) is 0 Å². The lowest BCUT2D eigenvalue weighted by Crippen LogP contribution is -1.93. The Bertz CT molecular complexity index is 404. The number of thiophene rings is 1. The molecule has 0 aliphatic heterocycles. The van der Waals surface area contributed by atoms with Crippen molar-refractivity contribution in [3.63, 3.8) is 0 Å². The summed E-state index contributed by atoms with van der Waals surface area (Å²) in [5, 5.41) is 10.5. The van der Waals surface area contributed by atoms with Crippen molar-refractivity contribution in [1.29, 1.82) is 0 Å². The highest BCUT2D eigenvalue weighted by Gasteiger charge is 2.15. The zero-order chi connectivity index (χ0) is 10.1. The molecule has 0 radical (unpaired) electrons. The summed E-state index contributed by atoms with van der Waals surface area (Å²) in [5.41, 5.74) is 0.732. The SMILES string of the molecule is OC(c1ccoc1)c1cc(Cl)c(Br)s1. The van der Waals surface area contributed by atoms with Crippen LogP contribution in [0.1, 0.15) is 16.5 Å². The summed E-state index contributed by atoms with van der Waals surface area (Å²) in [6, 6.07) is 3.47. The van der Waals surface area contributed by atoms with Gasteiger partial charge in [0.25, 0.3) is 0 Å². The van der Waals surface area contributed by atoms with Crippen LogP contribution in [-0.2, 0) is 0 Å². The van der Waals surface area contributed by atoms with Gasteiger partial charge in [0, 0.05) is 10.4 Å². The van der Waals surface area contributed by atoms with Crippen LogP contribution in [0.5, 0.6) is 0 Å². The molecule has 0 saturated carbocycles. The number of rotatable bonds is 2. The Morgan fingerprint density at radius 2 is 2.36 bits per heavy atom. The largest absolute Gasteiger partial charge is 0.472 e. The fraction of sp³-hybridized carbons (Fsp3) is 0.111. The van der Waals surface area contributed by atoms with Gasteiger partial charge < -0.3 is 9.52 Å². The molecule has 0 aromatic carbocycles. The summed E-state index contributed by atoms with van der Waals surface area (Å²) in [6.07, 6.45) is 2.39. The first kappa shape index (κ1) is 10.2. The summed E-state index contributed by atoms with van der Waals surface area (Å²) in [5.74, 6) is 0. The van der Waals surface area contributed by atoms with Crippen molar-refractivity contribution in [2.24, 2.45) is 0 Å². The van der Waals surface area contributed by atoms with Gasteiger partial charge in [-0.2, -0.15) is 0 Å². The zero-order valence-corrected chi connectivity index (χ0v) is 10.1. The minimum Gasteiger partial charge on any atom is -0.472 e. The molecule has 0 bridgehead atoms. The molecule has 1 atom stereocenters. The number of aliphatic hydroxyl groups excluding tert-OH is 1. The lowest BCUT2D eigenvalue weighted by atomic mass is 10.2. The average Bonchev–Trinajstić information content (AvgIpc) is 2.76. The van der Waals surface area contributed by atoms with Crippen LogP contribution in [0.4, 0.5) is 0 Å². The molecule has 0 fully saturated rings. The summed E-state index contributed by atoms with van der Waals surface area (Å²) < 4.78 is 5.72. The maximum atomic E-state index is 9.89. The van der Waals surface area contributed by atoms with Crippen molar-refractivity contribution in [3.8, 4) is 0 Å². The monoisotopic (exact) mass is 292 g/mol. The van der Waals surface area contributed by atoms with E-state index >= 15 is 0 Å². The number of halogens is 2. The second kappa shape index (κ2) is 4.06. The van der Waals surface area contributed by atoms with Crippen molar-refractivity contribution >= 4 is 38.9 Å². The van der Waals surface area contributed by atoms with Crippen molar-refractivity contribution in [2.45, 2.75) is 6.10 Å². The normalized spacial score (nSPS) is 13.1. The molecule has 0 aliphatic rings. The molecule has 2 aromatic rings. The molecule has 0 aliphatic carbocycles. The van der Waals surface area contributed by atoms with Gasteiger partial charge in [-0.25, -0.2) is 0 Å². The Morgan fingerprint density at radius 1 is 1.57 bits per heavy atom. The average molecular weight is 294 g/mol. The number of furan rings is 1. The van der Waals surface area contributed by atoms with Crippen molar-refractivity contribution < 1.29 is 9.52 Å². The molecule has 0 spiro atoms. The van der Waals surface area contributed by atoms with E-state index in [4.69, 9.17) is 16.0 Å². The van der Waals surface area contributed by atoms with Crippen molar-refractivity contribution in [1.82, 2.24) is 0 Å². The summed E-state index contributed by atoms with van der Waals surface area (Å²) >= 11 is 10.6. The fourth-order valence-electron chi connectivity index (χ4n) is 1.09. The first-order chi connectivity index (χ1) is 6.68. The van der Waals surface area contributed by atoms with Crippen molar-refractivity contribution in [2.75, 3.05) is 0 Å². The Hall–Kier alpha value is -0.290. The van der Waals surface area contributed by atoms with Crippen LogP contribution in [0.15, 0.2) is 32.9 Å². The molecule has 5 heteroatoms. The molecule has 1 unspecified atom stereocenters. The third-order valence-corrected chi connectivity index (χ3v) is 4.32. The summed E-state index contributed by atoms with van der Waals surface area (Å²) in [7, 11) is 0. The van der Waals surface area contributed by atoms with E-state index in [0.717, 1.165) is 14.2 Å². The van der Waals surface area contributed by atoms with Crippen LogP contribution in [0, 0.1) is 0 Å². The van der Waals surface area contributed by atoms with Gasteiger partial charge in [0.15, 0.2) is 0 Å². The lowest BCUT2D eigenvalue weighted by Gasteiger charge is -2.03. The molecular weight excluding hydrogens is 288 g/mol. The van der Waals surface area contributed by atoms with E-state index in [1.165, 1.54) is 23.9 Å². The second-order valence-electron chi connectivity index (χ2n) is 2.73. The van der Waals surface area contributed by atoms with Gasteiger partial charge in [0.05, 0.1) is 21.3 Å². The maximum absolute atomic E-state index is 9.89. The predicted octanol–water partition coefficient (Wildman–Crippen LogP) is 3.84. The summed E-state index contributed by atoms with van der Waals surface area (Å²) in [6.45, 7) is 0. The van der Waals surface area contributed by atoms with E-state index in [2.05, 4.69) is 15.9 Å². The minimum absolute atomic E-state index is 0.618. The molecular formula is C9H6BrClO2S. The minimum atomic E-state index is -0.664. The molecule has 2 nitrogen and oxygen atoms in total. The van der Waals surface area contributed by atoms with E-state index in [-0.39, 0.29) is 0 Å². The predicted molar refractivity (Wildman–Crippen MR) is 59.8 cm³/mol. The second-order valence-corrected chi connectivity index (χ2v) is 5.54. The van der Waals surface area contributed by atoms with Gasteiger partial charge in [-0.3, -0.25) is 0 Å². The van der Waals surface area contributed by atoms with E-state index in [9.17, 15) is 5.11 Å². The molecule has 2 heterocycles. The van der Waals surface area contributed by atoms with Gasteiger partial charge in [-0.05, 0) is 28.1 Å². The number of hydrogen-bond acceptors (Lipinski definition) is 3. The standard InChI is InChI=1S/C9H6BrClO2S/c10-9-6(11)3-7(14-9)8(12)5-1-2-13-4-5/h1-4,8,12H. The Morgan fingerprint density at radius 3 is 2.86 bits per heavy atom. The highest BCUT2D eigenvalue weighted by molar-refractivity contribution is 9.11. The quantitative estimate of drug-likeness (QED) is 0.912. The molecule has 0 amide bonds. The van der Waals surface area contributed by atoms with Crippen molar-refractivity contribution in [3.05, 3.63) is 43.9 Å². The molecule has 2 aromatic heterocycles. The molecule has 2 rings (SSSR count). The smallest absolute Gasteiger partial charge is 0.116 e. The Labute approximate surface area is 98.3 Å². The van der Waals surface area contributed by atoms with E-state index in [1.807, 2.05) is 0 Å². The van der Waals surface area contributed by atoms with Gasteiger partial charge in [0.2, 0.25) is 0 Å². The Kier molecular flexibility index (Phi) is 2.97. The third-order valence-electron chi connectivity index (χ3n) is 1.79. The first-order valence-electron chi connectivity index (χ1n) is 3.83. The maximum Gasteiger partial charge on any atom is 0.116 e. The molecule has 0 saturated heterocycles. The van der Waals surface area contributed by atoms with E-state index in [1.54, 1.807) is 12.1 Å². The highest BCUT2D eigenvalue weighted by Crippen LogP contribution is 2.37. The molecule has 74 valence electrons. The Balaban J connectivity index is 2.32. The third kappa shape index (κ3) is 1.88. The van der Waals surface area contributed by atoms with Gasteiger partial charge >= 0.3 is 0 Å². The van der Waals surface area contributed by atoms with Gasteiger partial charge in [-0.1, -0.05) is 11.6 Å². The summed E-state index contributed by atoms with van der Waals surface area (Å²) in [4.78, 5) is 0.795. The van der Waals surface area contributed by atoms with Crippen LogP contribution >= 0.6 is 38.9 Å². The highest BCUT2D eigenvalue weighted by atomic mass is 79.9. The van der Waals surface area contributed by atoms with E-state index < -0.39 is 6.10 Å². The first-order valence-corrected chi connectivity index (χ1v) is 5.82. The van der Waals surface area contributed by atoms with Crippen LogP contribution < -0.4 is 0 Å². The fourth-order valence-corrected chi connectivity index (χ4v) is 2.85.